The van der Waals surface area contributed by atoms with Gasteiger partial charge in [0.1, 0.15) is 0 Å². The van der Waals surface area contributed by atoms with Crippen LogP contribution in [0.15, 0.2) is 30.4 Å². The molecule has 0 amide bonds. The Labute approximate surface area is 121 Å². The van der Waals surface area contributed by atoms with Gasteiger partial charge >= 0.3 is 0 Å². The zero-order valence-corrected chi connectivity index (χ0v) is 12.5. The fourth-order valence-corrected chi connectivity index (χ4v) is 6.61. The SMILES string of the molecule is Cc1cccc2c1C13CCC=CC1C1N(C)CC1(C2)C3. The number of nitrogens with zero attached hydrogens (tertiary/aromatic N) is 1. The molecule has 1 heterocycles. The van der Waals surface area contributed by atoms with Gasteiger partial charge in [-0.2, -0.15) is 0 Å². The minimum absolute atomic E-state index is 0.461. The highest BCUT2D eigenvalue weighted by molar-refractivity contribution is 5.51. The average Bonchev–Trinajstić information content (AvgIpc) is 2.58. The van der Waals surface area contributed by atoms with Crippen LogP contribution in [0.25, 0.3) is 0 Å². The van der Waals surface area contributed by atoms with Crippen molar-refractivity contribution < 1.29 is 0 Å². The Morgan fingerprint density at radius 2 is 2.20 bits per heavy atom. The van der Waals surface area contributed by atoms with Crippen LogP contribution >= 0.6 is 0 Å². The van der Waals surface area contributed by atoms with Gasteiger partial charge in [0.05, 0.1) is 0 Å². The van der Waals surface area contributed by atoms with Crippen LogP contribution in [0.2, 0.25) is 0 Å². The molecule has 1 heteroatoms. The molecule has 1 aromatic carbocycles. The minimum Gasteiger partial charge on any atom is -0.302 e. The van der Waals surface area contributed by atoms with E-state index < -0.39 is 0 Å². The molecule has 4 unspecified atom stereocenters. The van der Waals surface area contributed by atoms with Crippen molar-refractivity contribution in [3.8, 4) is 0 Å². The van der Waals surface area contributed by atoms with E-state index in [0.717, 1.165) is 12.0 Å². The molecule has 0 radical (unpaired) electrons. The highest BCUT2D eigenvalue weighted by atomic mass is 15.2. The number of allylic oxidation sites excluding steroid dienone is 1. The first-order valence-corrected chi connectivity index (χ1v) is 8.12. The van der Waals surface area contributed by atoms with Crippen LogP contribution < -0.4 is 0 Å². The van der Waals surface area contributed by atoms with Gasteiger partial charge in [-0.25, -0.2) is 0 Å². The molecule has 104 valence electrons. The van der Waals surface area contributed by atoms with Crippen LogP contribution in [0.5, 0.6) is 0 Å². The summed E-state index contributed by atoms with van der Waals surface area (Å²) in [5.74, 6) is 0.761. The molecule has 2 bridgehead atoms. The van der Waals surface area contributed by atoms with Gasteiger partial charge in [-0.15, -0.1) is 0 Å². The molecular formula is C19H23N. The van der Waals surface area contributed by atoms with Crippen molar-refractivity contribution in [1.82, 2.24) is 4.90 Å². The first-order chi connectivity index (χ1) is 9.66. The largest absolute Gasteiger partial charge is 0.302 e. The Bertz CT molecular complexity index is 631. The molecule has 4 atom stereocenters. The zero-order chi connectivity index (χ0) is 13.5. The maximum Gasteiger partial charge on any atom is 0.0236 e. The lowest BCUT2D eigenvalue weighted by molar-refractivity contribution is -0.0431. The second-order valence-corrected chi connectivity index (χ2v) is 7.83. The van der Waals surface area contributed by atoms with Crippen molar-refractivity contribution in [2.75, 3.05) is 13.6 Å². The van der Waals surface area contributed by atoms with Crippen molar-refractivity contribution in [2.24, 2.45) is 11.3 Å². The number of aryl methyl sites for hydroxylation is 1. The second kappa shape index (κ2) is 3.39. The van der Waals surface area contributed by atoms with Crippen molar-refractivity contribution in [1.29, 1.82) is 0 Å². The van der Waals surface area contributed by atoms with Crippen molar-refractivity contribution in [3.63, 3.8) is 0 Å². The second-order valence-electron chi connectivity index (χ2n) is 7.83. The summed E-state index contributed by atoms with van der Waals surface area (Å²) >= 11 is 0. The van der Waals surface area contributed by atoms with E-state index in [1.165, 1.54) is 32.2 Å². The van der Waals surface area contributed by atoms with Gasteiger partial charge in [-0.1, -0.05) is 30.4 Å². The number of rotatable bonds is 0. The quantitative estimate of drug-likeness (QED) is 0.649. The van der Waals surface area contributed by atoms with E-state index in [0.29, 0.717) is 10.8 Å². The standard InChI is InChI=1S/C19H23N/c1-13-6-5-7-14-10-18-11-19(16(13)14)9-4-3-8-15(19)17(18)20(2)12-18/h3,5-8,15,17H,4,9-12H2,1-2H3. The Morgan fingerprint density at radius 1 is 1.30 bits per heavy atom. The predicted octanol–water partition coefficient (Wildman–Crippen LogP) is 3.46. The van der Waals surface area contributed by atoms with Gasteiger partial charge in [0.2, 0.25) is 0 Å². The van der Waals surface area contributed by atoms with Gasteiger partial charge in [-0.3, -0.25) is 0 Å². The number of fused-ring (bicyclic) bond motifs is 2. The van der Waals surface area contributed by atoms with Crippen LogP contribution in [0, 0.1) is 18.3 Å². The van der Waals surface area contributed by atoms with Crippen LogP contribution in [0.1, 0.15) is 36.0 Å². The molecule has 0 aromatic heterocycles. The number of benzene rings is 1. The van der Waals surface area contributed by atoms with Crippen molar-refractivity contribution in [3.05, 3.63) is 47.0 Å². The normalized spacial score (nSPS) is 44.5. The fraction of sp³-hybridized carbons (Fsp3) is 0.579. The number of likely N-dealkylation sites (tertiary alicyclic amines) is 1. The minimum atomic E-state index is 0.461. The van der Waals surface area contributed by atoms with Crippen LogP contribution in [0.4, 0.5) is 0 Å². The third-order valence-electron chi connectivity index (χ3n) is 6.81. The zero-order valence-electron chi connectivity index (χ0n) is 12.5. The van der Waals surface area contributed by atoms with E-state index in [-0.39, 0.29) is 0 Å². The molecule has 0 N–H and O–H groups in total. The van der Waals surface area contributed by atoms with Gasteiger partial charge in [-0.05, 0) is 56.3 Å². The van der Waals surface area contributed by atoms with Gasteiger partial charge in [0.15, 0.2) is 0 Å². The van der Waals surface area contributed by atoms with E-state index in [1.807, 2.05) is 0 Å². The maximum atomic E-state index is 2.63. The Morgan fingerprint density at radius 3 is 3.05 bits per heavy atom. The van der Waals surface area contributed by atoms with E-state index in [1.54, 1.807) is 16.7 Å². The summed E-state index contributed by atoms with van der Waals surface area (Å²) in [5, 5.41) is 0. The molecule has 1 aromatic rings. The molecule has 4 aliphatic rings. The Kier molecular flexibility index (Phi) is 1.96. The van der Waals surface area contributed by atoms with Crippen LogP contribution in [0.3, 0.4) is 0 Å². The lowest BCUT2D eigenvalue weighted by atomic mass is 9.60. The summed E-state index contributed by atoms with van der Waals surface area (Å²) in [7, 11) is 2.34. The Balaban J connectivity index is 1.80. The summed E-state index contributed by atoms with van der Waals surface area (Å²) in [5.41, 5.74) is 6.01. The molecule has 1 nitrogen and oxygen atoms in total. The molecule has 2 fully saturated rings. The first-order valence-electron chi connectivity index (χ1n) is 8.12. The predicted molar refractivity (Wildman–Crippen MR) is 81.9 cm³/mol. The highest BCUT2D eigenvalue weighted by Crippen LogP contribution is 2.68. The molecular weight excluding hydrogens is 242 g/mol. The summed E-state index contributed by atoms with van der Waals surface area (Å²) in [6.45, 7) is 3.65. The highest BCUT2D eigenvalue weighted by Gasteiger charge is 2.69. The average molecular weight is 265 g/mol. The summed E-state index contributed by atoms with van der Waals surface area (Å²) in [6.07, 6.45) is 10.4. The summed E-state index contributed by atoms with van der Waals surface area (Å²) in [6, 6.07) is 7.83. The van der Waals surface area contributed by atoms with Gasteiger partial charge in [0, 0.05) is 29.3 Å². The number of hydrogen-bond acceptors (Lipinski definition) is 1. The van der Waals surface area contributed by atoms with Gasteiger partial charge in [0.25, 0.3) is 0 Å². The molecule has 5 rings (SSSR count). The maximum absolute atomic E-state index is 2.63. The first kappa shape index (κ1) is 11.6. The molecule has 20 heavy (non-hydrogen) atoms. The topological polar surface area (TPSA) is 3.24 Å². The van der Waals surface area contributed by atoms with E-state index >= 15 is 0 Å². The summed E-state index contributed by atoms with van der Waals surface area (Å²) < 4.78 is 0. The van der Waals surface area contributed by atoms with Crippen molar-refractivity contribution >= 4 is 0 Å². The van der Waals surface area contributed by atoms with Crippen molar-refractivity contribution in [2.45, 2.75) is 44.1 Å². The summed E-state index contributed by atoms with van der Waals surface area (Å²) in [4.78, 5) is 2.63. The lowest BCUT2D eigenvalue weighted by Gasteiger charge is -2.54. The van der Waals surface area contributed by atoms with Crippen LogP contribution in [-0.2, 0) is 11.8 Å². The molecule has 2 spiro atoms. The third kappa shape index (κ3) is 1.08. The Hall–Kier alpha value is -1.08. The monoisotopic (exact) mass is 265 g/mol. The lowest BCUT2D eigenvalue weighted by Crippen LogP contribution is -2.62. The van der Waals surface area contributed by atoms with E-state index in [2.05, 4.69) is 49.2 Å². The smallest absolute Gasteiger partial charge is 0.0236 e. The third-order valence-corrected chi connectivity index (χ3v) is 6.81. The molecule has 3 aliphatic carbocycles. The van der Waals surface area contributed by atoms with Crippen LogP contribution in [-0.4, -0.2) is 24.5 Å². The van der Waals surface area contributed by atoms with Gasteiger partial charge < -0.3 is 4.90 Å². The molecule has 1 aliphatic heterocycles. The molecule has 1 saturated carbocycles. The number of hydrogen-bond donors (Lipinski definition) is 0. The van der Waals surface area contributed by atoms with E-state index in [4.69, 9.17) is 0 Å². The molecule has 1 saturated heterocycles. The fourth-order valence-electron chi connectivity index (χ4n) is 6.61. The van der Waals surface area contributed by atoms with E-state index in [9.17, 15) is 0 Å².